The molecule has 0 bridgehead atoms. The quantitative estimate of drug-likeness (QED) is 0.824. The maximum atomic E-state index is 12.2. The normalized spacial score (nSPS) is 16.8. The van der Waals surface area contributed by atoms with Gasteiger partial charge in [0.2, 0.25) is 0 Å². The molecule has 18 heavy (non-hydrogen) atoms. The zero-order valence-corrected chi connectivity index (χ0v) is 11.5. The highest BCUT2D eigenvalue weighted by Crippen LogP contribution is 2.17. The lowest BCUT2D eigenvalue weighted by Gasteiger charge is -2.22. The second-order valence-electron chi connectivity index (χ2n) is 5.46. The molecule has 0 saturated heterocycles. The molecule has 1 N–H and O–H groups in total. The van der Waals surface area contributed by atoms with Crippen LogP contribution in [0.4, 0.5) is 0 Å². The summed E-state index contributed by atoms with van der Waals surface area (Å²) in [5, 5.41) is 3.42. The molecular weight excluding hydrogens is 222 g/mol. The highest BCUT2D eigenvalue weighted by atomic mass is 16.1. The van der Waals surface area contributed by atoms with Crippen LogP contribution in [0.5, 0.6) is 0 Å². The molecule has 2 heteroatoms. The second-order valence-corrected chi connectivity index (χ2v) is 5.46. The molecule has 0 aliphatic heterocycles. The van der Waals surface area contributed by atoms with E-state index in [4.69, 9.17) is 0 Å². The van der Waals surface area contributed by atoms with Gasteiger partial charge < -0.3 is 5.32 Å². The van der Waals surface area contributed by atoms with Gasteiger partial charge in [-0.05, 0) is 38.3 Å². The molecule has 2 rings (SSSR count). The average Bonchev–Trinajstić information content (AvgIpc) is 2.40. The molecule has 1 fully saturated rings. The molecule has 1 aromatic carbocycles. The van der Waals surface area contributed by atoms with E-state index in [1.807, 2.05) is 26.0 Å². The smallest absolute Gasteiger partial charge is 0.176 e. The maximum Gasteiger partial charge on any atom is 0.176 e. The fourth-order valence-electron chi connectivity index (χ4n) is 2.68. The van der Waals surface area contributed by atoms with E-state index in [1.54, 1.807) is 0 Å². The fourth-order valence-corrected chi connectivity index (χ4v) is 2.68. The fraction of sp³-hybridized carbons (Fsp3) is 0.562. The Hall–Kier alpha value is -1.15. The van der Waals surface area contributed by atoms with Crippen LogP contribution in [0.3, 0.4) is 0 Å². The summed E-state index contributed by atoms with van der Waals surface area (Å²) in [5.41, 5.74) is 3.11. The highest BCUT2D eigenvalue weighted by Gasteiger charge is 2.15. The van der Waals surface area contributed by atoms with Crippen molar-refractivity contribution in [2.45, 2.75) is 52.0 Å². The van der Waals surface area contributed by atoms with Gasteiger partial charge in [0.05, 0.1) is 6.54 Å². The van der Waals surface area contributed by atoms with E-state index in [9.17, 15) is 4.79 Å². The van der Waals surface area contributed by atoms with Crippen molar-refractivity contribution in [3.05, 3.63) is 34.9 Å². The Bertz CT molecular complexity index is 419. The predicted octanol–water partition coefficient (Wildman–Crippen LogP) is 3.41. The number of aryl methyl sites for hydroxylation is 2. The highest BCUT2D eigenvalue weighted by molar-refractivity contribution is 5.99. The number of hydrogen-bond acceptors (Lipinski definition) is 2. The van der Waals surface area contributed by atoms with Gasteiger partial charge in [0.25, 0.3) is 0 Å². The molecule has 1 saturated carbocycles. The Labute approximate surface area is 110 Å². The zero-order valence-electron chi connectivity index (χ0n) is 11.5. The van der Waals surface area contributed by atoms with E-state index in [0.717, 1.165) is 16.7 Å². The molecule has 0 spiro atoms. The van der Waals surface area contributed by atoms with E-state index < -0.39 is 0 Å². The van der Waals surface area contributed by atoms with Gasteiger partial charge in [-0.2, -0.15) is 0 Å². The van der Waals surface area contributed by atoms with E-state index in [0.29, 0.717) is 12.6 Å². The molecule has 1 aliphatic rings. The molecule has 2 nitrogen and oxygen atoms in total. The first-order valence-corrected chi connectivity index (χ1v) is 7.00. The monoisotopic (exact) mass is 245 g/mol. The van der Waals surface area contributed by atoms with Gasteiger partial charge in [-0.15, -0.1) is 0 Å². The number of carbonyl (C=O) groups is 1. The topological polar surface area (TPSA) is 29.1 Å². The van der Waals surface area contributed by atoms with Crippen LogP contribution < -0.4 is 5.32 Å². The number of nitrogens with one attached hydrogen (secondary N) is 1. The van der Waals surface area contributed by atoms with E-state index in [-0.39, 0.29) is 5.78 Å². The number of rotatable bonds is 4. The Morgan fingerprint density at radius 2 is 1.94 bits per heavy atom. The summed E-state index contributed by atoms with van der Waals surface area (Å²) in [6.07, 6.45) is 6.40. The van der Waals surface area contributed by atoms with Gasteiger partial charge in [-0.1, -0.05) is 37.0 Å². The average molecular weight is 245 g/mol. The lowest BCUT2D eigenvalue weighted by atomic mass is 9.95. The van der Waals surface area contributed by atoms with Crippen molar-refractivity contribution in [3.63, 3.8) is 0 Å². The third-order valence-corrected chi connectivity index (χ3v) is 3.85. The van der Waals surface area contributed by atoms with Crippen LogP contribution in [0.1, 0.15) is 53.6 Å². The van der Waals surface area contributed by atoms with Crippen molar-refractivity contribution >= 4 is 5.78 Å². The molecule has 0 heterocycles. The largest absolute Gasteiger partial charge is 0.307 e. The molecule has 0 amide bonds. The summed E-state index contributed by atoms with van der Waals surface area (Å²) < 4.78 is 0. The van der Waals surface area contributed by atoms with E-state index in [2.05, 4.69) is 11.4 Å². The summed E-state index contributed by atoms with van der Waals surface area (Å²) in [5.74, 6) is 0.224. The summed E-state index contributed by atoms with van der Waals surface area (Å²) >= 11 is 0. The van der Waals surface area contributed by atoms with Gasteiger partial charge >= 0.3 is 0 Å². The third kappa shape index (κ3) is 3.42. The van der Waals surface area contributed by atoms with Gasteiger partial charge in [0.15, 0.2) is 5.78 Å². The van der Waals surface area contributed by atoms with Gasteiger partial charge in [-0.3, -0.25) is 4.79 Å². The van der Waals surface area contributed by atoms with Crippen molar-refractivity contribution in [2.75, 3.05) is 6.54 Å². The standard InChI is InChI=1S/C16H23NO/c1-12-8-9-13(2)15(10-12)16(18)11-17-14-6-4-3-5-7-14/h8-10,14,17H,3-7,11H2,1-2H3. The first-order chi connectivity index (χ1) is 8.66. The lowest BCUT2D eigenvalue weighted by Crippen LogP contribution is -2.35. The Morgan fingerprint density at radius 1 is 1.22 bits per heavy atom. The van der Waals surface area contributed by atoms with Crippen molar-refractivity contribution in [1.82, 2.24) is 5.32 Å². The number of carbonyl (C=O) groups excluding carboxylic acids is 1. The van der Waals surface area contributed by atoms with Crippen molar-refractivity contribution in [1.29, 1.82) is 0 Å². The third-order valence-electron chi connectivity index (χ3n) is 3.85. The predicted molar refractivity (Wildman–Crippen MR) is 75.1 cm³/mol. The molecule has 0 unspecified atom stereocenters. The summed E-state index contributed by atoms with van der Waals surface area (Å²) in [4.78, 5) is 12.2. The summed E-state index contributed by atoms with van der Waals surface area (Å²) in [6, 6.07) is 6.64. The van der Waals surface area contributed by atoms with Crippen LogP contribution in [-0.2, 0) is 0 Å². The minimum absolute atomic E-state index is 0.224. The van der Waals surface area contributed by atoms with Crippen LogP contribution in [0.25, 0.3) is 0 Å². The Balaban J connectivity index is 1.92. The van der Waals surface area contributed by atoms with Crippen LogP contribution in [-0.4, -0.2) is 18.4 Å². The summed E-state index contributed by atoms with van der Waals surface area (Å²) in [7, 11) is 0. The Morgan fingerprint density at radius 3 is 2.67 bits per heavy atom. The van der Waals surface area contributed by atoms with Crippen molar-refractivity contribution in [3.8, 4) is 0 Å². The first-order valence-electron chi connectivity index (χ1n) is 7.00. The minimum Gasteiger partial charge on any atom is -0.307 e. The first kappa shape index (κ1) is 13.3. The van der Waals surface area contributed by atoms with Gasteiger partial charge in [0, 0.05) is 11.6 Å². The molecular formula is C16H23NO. The SMILES string of the molecule is Cc1ccc(C)c(C(=O)CNC2CCCCC2)c1. The molecule has 1 aromatic rings. The van der Waals surface area contributed by atoms with Crippen LogP contribution in [0.2, 0.25) is 0 Å². The van der Waals surface area contributed by atoms with Crippen molar-refractivity contribution < 1.29 is 4.79 Å². The van der Waals surface area contributed by atoms with Gasteiger partial charge in [0.1, 0.15) is 0 Å². The number of ketones is 1. The summed E-state index contributed by atoms with van der Waals surface area (Å²) in [6.45, 7) is 4.52. The molecule has 0 aromatic heterocycles. The van der Waals surface area contributed by atoms with E-state index >= 15 is 0 Å². The van der Waals surface area contributed by atoms with Crippen LogP contribution >= 0.6 is 0 Å². The number of hydrogen-bond donors (Lipinski definition) is 1. The maximum absolute atomic E-state index is 12.2. The minimum atomic E-state index is 0.224. The van der Waals surface area contributed by atoms with E-state index in [1.165, 1.54) is 32.1 Å². The Kier molecular flexibility index (Phi) is 4.54. The molecule has 0 radical (unpaired) electrons. The van der Waals surface area contributed by atoms with Crippen LogP contribution in [0, 0.1) is 13.8 Å². The van der Waals surface area contributed by atoms with Crippen LogP contribution in [0.15, 0.2) is 18.2 Å². The molecule has 98 valence electrons. The van der Waals surface area contributed by atoms with Crippen molar-refractivity contribution in [2.24, 2.45) is 0 Å². The molecule has 0 atom stereocenters. The molecule has 1 aliphatic carbocycles. The lowest BCUT2D eigenvalue weighted by molar-refractivity contribution is 0.0984. The zero-order chi connectivity index (χ0) is 13.0. The van der Waals surface area contributed by atoms with Gasteiger partial charge in [-0.25, -0.2) is 0 Å². The number of benzene rings is 1. The second kappa shape index (κ2) is 6.14. The number of Topliss-reactive ketones (excluding diaryl/α,β-unsaturated/α-hetero) is 1.